The molecular formula is C20H24NO+. The van der Waals surface area contributed by atoms with Crippen molar-refractivity contribution in [3.05, 3.63) is 71.8 Å². The van der Waals surface area contributed by atoms with E-state index >= 15 is 0 Å². The maximum Gasteiger partial charge on any atom is 0.117 e. The second-order valence-corrected chi connectivity index (χ2v) is 6.81. The first-order valence-corrected chi connectivity index (χ1v) is 8.47. The third-order valence-electron chi connectivity index (χ3n) is 5.66. The molecule has 2 aromatic carbocycles. The first kappa shape index (κ1) is 14.0. The third-order valence-corrected chi connectivity index (χ3v) is 5.66. The van der Waals surface area contributed by atoms with Crippen molar-refractivity contribution >= 4 is 0 Å². The largest absolute Gasteiger partial charge is 0.392 e. The second-order valence-electron chi connectivity index (χ2n) is 6.81. The molecule has 0 aromatic heterocycles. The van der Waals surface area contributed by atoms with Gasteiger partial charge in [0, 0.05) is 23.0 Å². The molecule has 1 heterocycles. The lowest BCUT2D eigenvalue weighted by molar-refractivity contribution is -0.763. The molecule has 5 atom stereocenters. The summed E-state index contributed by atoms with van der Waals surface area (Å²) in [6.07, 6.45) is 3.37. The minimum Gasteiger partial charge on any atom is -0.392 e. The minimum absolute atomic E-state index is 0.172. The van der Waals surface area contributed by atoms with E-state index in [4.69, 9.17) is 0 Å². The fraction of sp³-hybridized carbons (Fsp3) is 0.400. The molecular weight excluding hydrogens is 270 g/mol. The van der Waals surface area contributed by atoms with Gasteiger partial charge in [-0.2, -0.15) is 0 Å². The molecule has 0 amide bonds. The Morgan fingerprint density at radius 3 is 1.64 bits per heavy atom. The summed E-state index contributed by atoms with van der Waals surface area (Å²) in [5.41, 5.74) is 2.71. The minimum atomic E-state index is -0.172. The molecule has 2 fully saturated rings. The fourth-order valence-electron chi connectivity index (χ4n) is 4.61. The summed E-state index contributed by atoms with van der Waals surface area (Å²) in [7, 11) is 0. The Balaban J connectivity index is 1.71. The van der Waals surface area contributed by atoms with Crippen LogP contribution in [0.3, 0.4) is 0 Å². The lowest BCUT2D eigenvalue weighted by Crippen LogP contribution is -2.92. The Labute approximate surface area is 132 Å². The smallest absolute Gasteiger partial charge is 0.117 e. The Morgan fingerprint density at radius 1 is 0.727 bits per heavy atom. The van der Waals surface area contributed by atoms with E-state index < -0.39 is 0 Å². The molecule has 1 saturated carbocycles. The molecule has 3 N–H and O–H groups in total. The van der Waals surface area contributed by atoms with Crippen LogP contribution in [0.15, 0.2) is 60.7 Å². The summed E-state index contributed by atoms with van der Waals surface area (Å²) in [6, 6.07) is 22.2. The zero-order valence-corrected chi connectivity index (χ0v) is 12.8. The quantitative estimate of drug-likeness (QED) is 0.878. The highest BCUT2D eigenvalue weighted by molar-refractivity contribution is 5.23. The van der Waals surface area contributed by atoms with Crippen LogP contribution in [0, 0.1) is 11.8 Å². The Hall–Kier alpha value is -1.64. The summed E-state index contributed by atoms with van der Waals surface area (Å²) >= 11 is 0. The molecule has 0 spiro atoms. The molecule has 2 aromatic rings. The van der Waals surface area contributed by atoms with Crippen LogP contribution >= 0.6 is 0 Å². The van der Waals surface area contributed by atoms with Crippen molar-refractivity contribution in [1.29, 1.82) is 0 Å². The molecule has 2 bridgehead atoms. The Kier molecular flexibility index (Phi) is 3.73. The van der Waals surface area contributed by atoms with Crippen LogP contribution in [0.4, 0.5) is 0 Å². The van der Waals surface area contributed by atoms with Crippen LogP contribution in [-0.4, -0.2) is 11.2 Å². The van der Waals surface area contributed by atoms with Crippen LogP contribution in [0.1, 0.15) is 42.5 Å². The van der Waals surface area contributed by atoms with Gasteiger partial charge in [0.2, 0.25) is 0 Å². The van der Waals surface area contributed by atoms with E-state index in [0.29, 0.717) is 23.9 Å². The molecule has 22 heavy (non-hydrogen) atoms. The van der Waals surface area contributed by atoms with Crippen LogP contribution in [0.25, 0.3) is 0 Å². The monoisotopic (exact) mass is 294 g/mol. The van der Waals surface area contributed by atoms with Crippen LogP contribution in [0.2, 0.25) is 0 Å². The summed E-state index contributed by atoms with van der Waals surface area (Å²) in [4.78, 5) is 0. The van der Waals surface area contributed by atoms with Gasteiger partial charge < -0.3 is 10.4 Å². The lowest BCUT2D eigenvalue weighted by Gasteiger charge is -2.47. The number of aliphatic hydroxyl groups is 1. The molecule has 2 heteroatoms. The van der Waals surface area contributed by atoms with Crippen molar-refractivity contribution < 1.29 is 10.4 Å². The molecule has 1 saturated heterocycles. The number of rotatable bonds is 2. The number of aliphatic hydroxyl groups excluding tert-OH is 1. The van der Waals surface area contributed by atoms with E-state index in [1.165, 1.54) is 17.5 Å². The lowest BCUT2D eigenvalue weighted by atomic mass is 9.66. The van der Waals surface area contributed by atoms with E-state index in [-0.39, 0.29) is 6.10 Å². The van der Waals surface area contributed by atoms with Crippen molar-refractivity contribution in [2.45, 2.75) is 37.5 Å². The number of quaternary nitrogens is 1. The molecule has 2 nitrogen and oxygen atoms in total. The van der Waals surface area contributed by atoms with Gasteiger partial charge in [0.15, 0.2) is 0 Å². The van der Waals surface area contributed by atoms with Crippen LogP contribution in [-0.2, 0) is 0 Å². The van der Waals surface area contributed by atoms with Gasteiger partial charge in [0.05, 0.1) is 6.10 Å². The molecule has 1 aliphatic carbocycles. The maximum atomic E-state index is 10.9. The topological polar surface area (TPSA) is 36.8 Å². The Morgan fingerprint density at radius 2 is 1.18 bits per heavy atom. The maximum absolute atomic E-state index is 10.9. The summed E-state index contributed by atoms with van der Waals surface area (Å²) < 4.78 is 0. The van der Waals surface area contributed by atoms with Crippen molar-refractivity contribution in [2.24, 2.45) is 11.8 Å². The van der Waals surface area contributed by atoms with Crippen molar-refractivity contribution in [1.82, 2.24) is 0 Å². The molecule has 2 aliphatic rings. The number of hydrogen-bond donors (Lipinski definition) is 2. The van der Waals surface area contributed by atoms with E-state index in [2.05, 4.69) is 66.0 Å². The number of hydrogen-bond acceptors (Lipinski definition) is 1. The highest BCUT2D eigenvalue weighted by Crippen LogP contribution is 2.43. The predicted molar refractivity (Wildman–Crippen MR) is 87.1 cm³/mol. The second kappa shape index (κ2) is 5.86. The molecule has 114 valence electrons. The highest BCUT2D eigenvalue weighted by Gasteiger charge is 2.49. The summed E-state index contributed by atoms with van der Waals surface area (Å²) in [5, 5.41) is 13.5. The van der Waals surface area contributed by atoms with Crippen molar-refractivity contribution in [3.8, 4) is 0 Å². The van der Waals surface area contributed by atoms with Gasteiger partial charge >= 0.3 is 0 Å². The number of benzene rings is 2. The summed E-state index contributed by atoms with van der Waals surface area (Å²) in [5.74, 6) is 0.780. The predicted octanol–water partition coefficient (Wildman–Crippen LogP) is 2.82. The zero-order valence-electron chi connectivity index (χ0n) is 12.8. The third kappa shape index (κ3) is 2.37. The molecule has 0 radical (unpaired) electrons. The van der Waals surface area contributed by atoms with Gasteiger partial charge in [-0.05, 0) is 12.8 Å². The van der Waals surface area contributed by atoms with Crippen LogP contribution < -0.4 is 5.32 Å². The normalized spacial score (nSPS) is 34.3. The van der Waals surface area contributed by atoms with E-state index in [0.717, 1.165) is 12.8 Å². The van der Waals surface area contributed by atoms with Gasteiger partial charge in [0.25, 0.3) is 0 Å². The van der Waals surface area contributed by atoms with Crippen LogP contribution in [0.5, 0.6) is 0 Å². The van der Waals surface area contributed by atoms with E-state index in [1.54, 1.807) is 0 Å². The Bertz CT molecular complexity index is 559. The van der Waals surface area contributed by atoms with E-state index in [1.807, 2.05) is 0 Å². The molecule has 1 unspecified atom stereocenters. The SMILES string of the molecule is OC1[C@H]2CCC[C@@H]1[C@H](c1ccccc1)[NH2+][C@H]2c1ccccc1. The molecule has 1 aliphatic heterocycles. The van der Waals surface area contributed by atoms with E-state index in [9.17, 15) is 5.11 Å². The number of piperidine rings is 1. The standard InChI is InChI=1S/C20H23NO/c22-20-16-12-7-13-17(20)19(15-10-5-2-6-11-15)21-18(16)14-8-3-1-4-9-14/h1-6,8-11,16-22H,7,12-13H2/p+1/t16-,17+,18-,19-,20?/m0/s1. The average molecular weight is 294 g/mol. The first-order valence-electron chi connectivity index (χ1n) is 8.47. The summed E-state index contributed by atoms with van der Waals surface area (Å²) in [6.45, 7) is 0. The van der Waals surface area contributed by atoms with Crippen molar-refractivity contribution in [3.63, 3.8) is 0 Å². The van der Waals surface area contributed by atoms with Gasteiger partial charge in [-0.3, -0.25) is 0 Å². The number of fused-ring (bicyclic) bond motifs is 2. The van der Waals surface area contributed by atoms with Gasteiger partial charge in [-0.25, -0.2) is 0 Å². The molecule has 4 rings (SSSR count). The van der Waals surface area contributed by atoms with Gasteiger partial charge in [0.1, 0.15) is 12.1 Å². The highest BCUT2D eigenvalue weighted by atomic mass is 16.3. The fourth-order valence-corrected chi connectivity index (χ4v) is 4.61. The van der Waals surface area contributed by atoms with Crippen molar-refractivity contribution in [2.75, 3.05) is 0 Å². The van der Waals surface area contributed by atoms with Gasteiger partial charge in [-0.15, -0.1) is 0 Å². The number of nitrogens with two attached hydrogens (primary N) is 1. The van der Waals surface area contributed by atoms with Gasteiger partial charge in [-0.1, -0.05) is 67.1 Å². The first-order chi connectivity index (χ1) is 10.8. The zero-order chi connectivity index (χ0) is 14.9. The average Bonchev–Trinajstić information content (AvgIpc) is 2.57.